The number of likely N-dealkylation sites (N-methyl/N-ethyl adjacent to an activating group) is 1. The number of anilines is 1. The Bertz CT molecular complexity index is 1280. The van der Waals surface area contributed by atoms with E-state index < -0.39 is 0 Å². The number of amides is 1. The predicted octanol–water partition coefficient (Wildman–Crippen LogP) is 3.68. The molecule has 1 amide bonds. The first-order valence-electron chi connectivity index (χ1n) is 12.1. The van der Waals surface area contributed by atoms with Crippen LogP contribution in [0.1, 0.15) is 27.2 Å². The van der Waals surface area contributed by atoms with Crippen LogP contribution in [0.25, 0.3) is 0 Å². The van der Waals surface area contributed by atoms with E-state index in [1.807, 2.05) is 6.07 Å². The lowest BCUT2D eigenvalue weighted by molar-refractivity contribution is 0.0731. The monoisotopic (exact) mass is 491 g/mol. The van der Waals surface area contributed by atoms with Crippen molar-refractivity contribution in [3.05, 3.63) is 70.7 Å². The molecule has 1 fully saturated rings. The maximum absolute atomic E-state index is 13.9. The molecule has 5 rings (SSSR count). The van der Waals surface area contributed by atoms with E-state index in [1.54, 1.807) is 49.3 Å². The number of hydrogen-bond acceptors (Lipinski definition) is 7. The summed E-state index contributed by atoms with van der Waals surface area (Å²) in [5.41, 5.74) is 2.70. The number of fused-ring (bicyclic) bond motifs is 1. The molecular formula is C27H30FN5O3. The molecule has 3 heterocycles. The maximum atomic E-state index is 13.9. The highest BCUT2D eigenvalue weighted by molar-refractivity contribution is 5.94. The highest BCUT2D eigenvalue weighted by Gasteiger charge is 2.29. The third kappa shape index (κ3) is 4.97. The Morgan fingerprint density at radius 1 is 1.00 bits per heavy atom. The molecule has 0 radical (unpaired) electrons. The van der Waals surface area contributed by atoms with Gasteiger partial charge >= 0.3 is 0 Å². The molecule has 188 valence electrons. The lowest BCUT2D eigenvalue weighted by Crippen LogP contribution is -2.45. The molecule has 8 nitrogen and oxygen atoms in total. The molecule has 9 heteroatoms. The quantitative estimate of drug-likeness (QED) is 0.539. The van der Waals surface area contributed by atoms with Crippen molar-refractivity contribution in [3.63, 3.8) is 0 Å². The number of ether oxygens (including phenoxy) is 2. The lowest BCUT2D eigenvalue weighted by Gasteiger charge is -2.34. The SMILES string of the molecule is COc1cccc(C(=O)N2CCc3nc(N4CCN(C)CC4)nc(Oc4ccc(F)c(C)c4)c3C2)c1. The summed E-state index contributed by atoms with van der Waals surface area (Å²) in [6, 6.07) is 11.8. The van der Waals surface area contributed by atoms with Crippen molar-refractivity contribution in [1.82, 2.24) is 19.8 Å². The molecule has 2 aliphatic rings. The number of hydrogen-bond donors (Lipinski definition) is 0. The van der Waals surface area contributed by atoms with Crippen LogP contribution in [-0.2, 0) is 13.0 Å². The minimum atomic E-state index is -0.291. The van der Waals surface area contributed by atoms with Gasteiger partial charge in [0.05, 0.1) is 24.9 Å². The zero-order chi connectivity index (χ0) is 25.2. The summed E-state index contributed by atoms with van der Waals surface area (Å²) in [6.45, 7) is 6.06. The molecule has 0 aliphatic carbocycles. The minimum absolute atomic E-state index is 0.0914. The van der Waals surface area contributed by atoms with Gasteiger partial charge in [0.15, 0.2) is 0 Å². The summed E-state index contributed by atoms with van der Waals surface area (Å²) in [4.78, 5) is 29.2. The summed E-state index contributed by atoms with van der Waals surface area (Å²) in [6.07, 6.45) is 0.590. The zero-order valence-corrected chi connectivity index (χ0v) is 20.8. The molecule has 0 bridgehead atoms. The number of piperazine rings is 1. The Morgan fingerprint density at radius 2 is 1.81 bits per heavy atom. The minimum Gasteiger partial charge on any atom is -0.497 e. The fourth-order valence-electron chi connectivity index (χ4n) is 4.51. The standard InChI is InChI=1S/C27H30FN5O3/c1-18-15-21(7-8-23(18)28)36-25-22-17-33(26(34)19-5-4-6-20(16-19)35-3)10-9-24(22)29-27(30-25)32-13-11-31(2)12-14-32/h4-8,15-16H,9-14,17H2,1-3H3. The molecule has 0 N–H and O–H groups in total. The number of benzene rings is 2. The largest absolute Gasteiger partial charge is 0.497 e. The Labute approximate surface area is 210 Å². The van der Waals surface area contributed by atoms with E-state index in [4.69, 9.17) is 19.4 Å². The highest BCUT2D eigenvalue weighted by atomic mass is 19.1. The van der Waals surface area contributed by atoms with Crippen molar-refractivity contribution in [2.24, 2.45) is 0 Å². The van der Waals surface area contributed by atoms with Gasteiger partial charge in [0.25, 0.3) is 5.91 Å². The van der Waals surface area contributed by atoms with Crippen LogP contribution in [0.3, 0.4) is 0 Å². The van der Waals surface area contributed by atoms with Gasteiger partial charge in [0, 0.05) is 44.7 Å². The van der Waals surface area contributed by atoms with E-state index in [0.717, 1.165) is 37.4 Å². The molecule has 0 saturated carbocycles. The van der Waals surface area contributed by atoms with Gasteiger partial charge in [-0.25, -0.2) is 9.37 Å². The molecule has 36 heavy (non-hydrogen) atoms. The van der Waals surface area contributed by atoms with Crippen LogP contribution in [0.15, 0.2) is 42.5 Å². The summed E-state index contributed by atoms with van der Waals surface area (Å²) in [5, 5.41) is 0. The van der Waals surface area contributed by atoms with Gasteiger partial charge in [-0.3, -0.25) is 4.79 Å². The van der Waals surface area contributed by atoms with E-state index >= 15 is 0 Å². The van der Waals surface area contributed by atoms with Crippen LogP contribution in [0.4, 0.5) is 10.3 Å². The van der Waals surface area contributed by atoms with Gasteiger partial charge in [-0.2, -0.15) is 4.98 Å². The Balaban J connectivity index is 1.48. The summed E-state index contributed by atoms with van der Waals surface area (Å²) in [5.74, 6) is 1.78. The first-order valence-corrected chi connectivity index (χ1v) is 12.1. The van der Waals surface area contributed by atoms with E-state index in [-0.39, 0.29) is 11.7 Å². The molecule has 0 unspecified atom stereocenters. The van der Waals surface area contributed by atoms with Crippen molar-refractivity contribution >= 4 is 11.9 Å². The molecule has 0 spiro atoms. The van der Waals surface area contributed by atoms with Crippen molar-refractivity contribution in [3.8, 4) is 17.4 Å². The molecule has 2 aliphatic heterocycles. The van der Waals surface area contributed by atoms with E-state index in [9.17, 15) is 9.18 Å². The summed E-state index contributed by atoms with van der Waals surface area (Å²) >= 11 is 0. The summed E-state index contributed by atoms with van der Waals surface area (Å²) < 4.78 is 25.4. The van der Waals surface area contributed by atoms with Gasteiger partial charge in [0.2, 0.25) is 11.8 Å². The average Bonchev–Trinajstić information content (AvgIpc) is 2.90. The molecular weight excluding hydrogens is 461 g/mol. The van der Waals surface area contributed by atoms with Crippen LogP contribution in [0.5, 0.6) is 17.4 Å². The van der Waals surface area contributed by atoms with E-state index in [0.29, 0.717) is 54.0 Å². The van der Waals surface area contributed by atoms with Crippen molar-refractivity contribution in [1.29, 1.82) is 0 Å². The van der Waals surface area contributed by atoms with Crippen LogP contribution < -0.4 is 14.4 Å². The van der Waals surface area contributed by atoms with E-state index in [1.165, 1.54) is 6.07 Å². The van der Waals surface area contributed by atoms with Crippen molar-refractivity contribution < 1.29 is 18.7 Å². The number of halogens is 1. The van der Waals surface area contributed by atoms with Gasteiger partial charge < -0.3 is 24.2 Å². The Kier molecular flexibility index (Phi) is 6.73. The number of carbonyl (C=O) groups is 1. The second kappa shape index (κ2) is 10.1. The number of carbonyl (C=O) groups excluding carboxylic acids is 1. The zero-order valence-electron chi connectivity index (χ0n) is 20.8. The number of rotatable bonds is 5. The first-order chi connectivity index (χ1) is 17.4. The fourth-order valence-corrected chi connectivity index (χ4v) is 4.51. The molecule has 1 aromatic heterocycles. The topological polar surface area (TPSA) is 71.0 Å². The van der Waals surface area contributed by atoms with Gasteiger partial charge in [0.1, 0.15) is 17.3 Å². The van der Waals surface area contributed by atoms with Gasteiger partial charge in [-0.1, -0.05) is 6.07 Å². The number of aromatic nitrogens is 2. The molecule has 1 saturated heterocycles. The molecule has 0 atom stereocenters. The molecule has 2 aromatic carbocycles. The van der Waals surface area contributed by atoms with Crippen molar-refractivity contribution in [2.45, 2.75) is 19.9 Å². The highest BCUT2D eigenvalue weighted by Crippen LogP contribution is 2.33. The van der Waals surface area contributed by atoms with Crippen LogP contribution in [0, 0.1) is 12.7 Å². The van der Waals surface area contributed by atoms with Crippen LogP contribution >= 0.6 is 0 Å². The second-order valence-electron chi connectivity index (χ2n) is 9.27. The maximum Gasteiger partial charge on any atom is 0.254 e. The Hall–Kier alpha value is -3.72. The molecule has 3 aromatic rings. The number of aryl methyl sites for hydroxylation is 1. The van der Waals surface area contributed by atoms with Crippen molar-refractivity contribution in [2.75, 3.05) is 51.8 Å². The van der Waals surface area contributed by atoms with Gasteiger partial charge in [-0.15, -0.1) is 0 Å². The third-order valence-electron chi connectivity index (χ3n) is 6.74. The smallest absolute Gasteiger partial charge is 0.254 e. The Morgan fingerprint density at radius 3 is 2.56 bits per heavy atom. The number of nitrogens with zero attached hydrogens (tertiary/aromatic N) is 5. The fraction of sp³-hybridized carbons (Fsp3) is 0.370. The normalized spacial score (nSPS) is 16.0. The first kappa shape index (κ1) is 24.0. The second-order valence-corrected chi connectivity index (χ2v) is 9.27. The van der Waals surface area contributed by atoms with Crippen LogP contribution in [0.2, 0.25) is 0 Å². The van der Waals surface area contributed by atoms with Gasteiger partial charge in [-0.05, 0) is 55.9 Å². The average molecular weight is 492 g/mol. The predicted molar refractivity (Wildman–Crippen MR) is 134 cm³/mol. The number of methoxy groups -OCH3 is 1. The summed E-state index contributed by atoms with van der Waals surface area (Å²) in [7, 11) is 3.68. The lowest BCUT2D eigenvalue weighted by atomic mass is 10.0. The van der Waals surface area contributed by atoms with Crippen LogP contribution in [-0.4, -0.2) is 72.6 Å². The third-order valence-corrected chi connectivity index (χ3v) is 6.74. The van der Waals surface area contributed by atoms with E-state index in [2.05, 4.69) is 16.8 Å².